The van der Waals surface area contributed by atoms with Gasteiger partial charge in [0.1, 0.15) is 0 Å². The summed E-state index contributed by atoms with van der Waals surface area (Å²) in [7, 11) is 0. The van der Waals surface area contributed by atoms with Crippen LogP contribution in [0, 0.1) is 41.5 Å². The maximum Gasteiger partial charge on any atom is 0.0667 e. The van der Waals surface area contributed by atoms with E-state index in [1.807, 2.05) is 0 Å². The summed E-state index contributed by atoms with van der Waals surface area (Å²) in [6, 6.07) is 0. The Hall–Kier alpha value is -0.910. The molecule has 0 fully saturated rings. The van der Waals surface area contributed by atoms with Crippen LogP contribution in [-0.2, 0) is 0 Å². The van der Waals surface area contributed by atoms with Crippen molar-refractivity contribution in [2.45, 2.75) is 25.7 Å². The minimum atomic E-state index is 0.750. The van der Waals surface area contributed by atoms with Crippen LogP contribution in [0.4, 0.5) is 0 Å². The SMILES string of the molecule is C=C([CH2+])C[CH2-].C=C([CH2+])C[CH2-].[CH2+]CC[CH2-]. The molecule has 0 rings (SSSR count). The first-order valence-electron chi connectivity index (χ1n) is 4.62. The summed E-state index contributed by atoms with van der Waals surface area (Å²) in [6.07, 6.45) is 3.42. The van der Waals surface area contributed by atoms with Crippen molar-refractivity contribution in [3.8, 4) is 0 Å². The Balaban J connectivity index is -0.000000131. The highest BCUT2D eigenvalue weighted by Crippen LogP contribution is 1.87. The van der Waals surface area contributed by atoms with Gasteiger partial charge >= 0.3 is 0 Å². The Morgan fingerprint density at radius 1 is 0.929 bits per heavy atom. The summed E-state index contributed by atoms with van der Waals surface area (Å²) in [5.74, 6) is 0. The fourth-order valence-corrected chi connectivity index (χ4v) is 0. The number of allylic oxidation sites excluding steroid dienone is 2. The van der Waals surface area contributed by atoms with Crippen LogP contribution >= 0.6 is 0 Å². The first-order chi connectivity index (χ1) is 6.45. The van der Waals surface area contributed by atoms with Crippen molar-refractivity contribution in [2.75, 3.05) is 0 Å². The van der Waals surface area contributed by atoms with E-state index >= 15 is 0 Å². The highest BCUT2D eigenvalue weighted by molar-refractivity contribution is 4.97. The maximum atomic E-state index is 3.54. The van der Waals surface area contributed by atoms with Crippen molar-refractivity contribution in [3.63, 3.8) is 0 Å². The average Bonchev–Trinajstić information content (AvgIpc) is 2.19. The molecule has 0 heteroatoms. The molecule has 0 aromatic rings. The van der Waals surface area contributed by atoms with Gasteiger partial charge in [-0.1, -0.05) is 0 Å². The predicted molar refractivity (Wildman–Crippen MR) is 68.9 cm³/mol. The fraction of sp³-hybridized carbons (Fsp3) is 0.286. The molecule has 0 aliphatic heterocycles. The van der Waals surface area contributed by atoms with Gasteiger partial charge in [0.2, 0.25) is 0 Å². The van der Waals surface area contributed by atoms with E-state index in [1.54, 1.807) is 0 Å². The van der Waals surface area contributed by atoms with E-state index in [0.29, 0.717) is 0 Å². The van der Waals surface area contributed by atoms with Crippen molar-refractivity contribution in [3.05, 3.63) is 65.8 Å². The quantitative estimate of drug-likeness (QED) is 0.572. The molecule has 0 amide bonds. The van der Waals surface area contributed by atoms with E-state index in [4.69, 9.17) is 0 Å². The summed E-state index contributed by atoms with van der Waals surface area (Å²) in [5.41, 5.74) is 1.79. The van der Waals surface area contributed by atoms with Crippen LogP contribution in [0.15, 0.2) is 24.3 Å². The largest absolute Gasteiger partial charge is 0.339 e. The second-order valence-corrected chi connectivity index (χ2v) is 2.71. The molecule has 0 nitrogen and oxygen atoms in total. The van der Waals surface area contributed by atoms with E-state index in [2.05, 4.69) is 54.7 Å². The van der Waals surface area contributed by atoms with E-state index in [9.17, 15) is 0 Å². The van der Waals surface area contributed by atoms with E-state index in [0.717, 1.165) is 36.8 Å². The molecule has 0 heterocycles. The first-order valence-corrected chi connectivity index (χ1v) is 4.62. The molecule has 0 unspecified atom stereocenters. The zero-order valence-electron chi connectivity index (χ0n) is 9.49. The molecular formula is C14H24. The average molecular weight is 192 g/mol. The molecule has 0 N–H and O–H groups in total. The molecule has 0 aromatic carbocycles. The molecule has 0 saturated carbocycles. The van der Waals surface area contributed by atoms with E-state index < -0.39 is 0 Å². The molecule has 14 heavy (non-hydrogen) atoms. The van der Waals surface area contributed by atoms with Gasteiger partial charge in [0.05, 0.1) is 24.5 Å². The first kappa shape index (κ1) is 18.8. The van der Waals surface area contributed by atoms with Crippen LogP contribution in [0.2, 0.25) is 0 Å². The third-order valence-corrected chi connectivity index (χ3v) is 0.957. The lowest BCUT2D eigenvalue weighted by atomic mass is 10.3. The Morgan fingerprint density at radius 2 is 1.07 bits per heavy atom. The third-order valence-electron chi connectivity index (χ3n) is 0.957. The van der Waals surface area contributed by atoms with Gasteiger partial charge in [0, 0.05) is 27.0 Å². The highest BCUT2D eigenvalue weighted by Gasteiger charge is 1.71. The minimum absolute atomic E-state index is 0.750. The predicted octanol–water partition coefficient (Wildman–Crippen LogP) is 4.64. The standard InChI is InChI=1S/2C5H8.C4H8/c2*1-4-5(2)3;1-3-4-2/h2*1-4H2;1-4H2. The number of rotatable bonds is 3. The summed E-state index contributed by atoms with van der Waals surface area (Å²) in [6.45, 7) is 28.1. The zero-order chi connectivity index (χ0) is 12.0. The zero-order valence-corrected chi connectivity index (χ0v) is 9.49. The summed E-state index contributed by atoms with van der Waals surface area (Å²) in [4.78, 5) is 0. The smallest absolute Gasteiger partial charge is 0.0667 e. The fourth-order valence-electron chi connectivity index (χ4n) is 0. The van der Waals surface area contributed by atoms with Gasteiger partial charge in [-0.15, -0.1) is 19.3 Å². The number of unbranched alkanes of at least 4 members (excludes halogenated alkanes) is 1. The molecule has 0 bridgehead atoms. The molecular weight excluding hydrogens is 168 g/mol. The van der Waals surface area contributed by atoms with Crippen LogP contribution in [0.3, 0.4) is 0 Å². The molecule has 0 spiro atoms. The van der Waals surface area contributed by atoms with Crippen LogP contribution in [0.25, 0.3) is 0 Å². The molecule has 80 valence electrons. The maximum absolute atomic E-state index is 3.54. The molecule has 0 aliphatic rings. The minimum Gasteiger partial charge on any atom is -0.339 e. The van der Waals surface area contributed by atoms with Gasteiger partial charge in [0.25, 0.3) is 0 Å². The van der Waals surface area contributed by atoms with Crippen molar-refractivity contribution in [2.24, 2.45) is 0 Å². The second-order valence-electron chi connectivity index (χ2n) is 2.71. The molecule has 0 saturated heterocycles. The monoisotopic (exact) mass is 192 g/mol. The Morgan fingerprint density at radius 3 is 1.07 bits per heavy atom. The molecule has 0 radical (unpaired) electrons. The van der Waals surface area contributed by atoms with Crippen LogP contribution in [0.1, 0.15) is 25.7 Å². The van der Waals surface area contributed by atoms with Gasteiger partial charge in [-0.2, -0.15) is 0 Å². The van der Waals surface area contributed by atoms with Gasteiger partial charge in [0.15, 0.2) is 0 Å². The van der Waals surface area contributed by atoms with Gasteiger partial charge < -0.3 is 20.8 Å². The van der Waals surface area contributed by atoms with Crippen molar-refractivity contribution >= 4 is 0 Å². The van der Waals surface area contributed by atoms with Gasteiger partial charge in [-0.05, 0) is 0 Å². The van der Waals surface area contributed by atoms with Gasteiger partial charge in [-0.3, -0.25) is 0 Å². The van der Waals surface area contributed by atoms with Crippen molar-refractivity contribution in [1.82, 2.24) is 0 Å². The third kappa shape index (κ3) is 67.5. The normalized spacial score (nSPS) is 7.36. The molecule has 0 atom stereocenters. The summed E-state index contributed by atoms with van der Waals surface area (Å²) < 4.78 is 0. The van der Waals surface area contributed by atoms with Crippen LogP contribution < -0.4 is 0 Å². The lowest BCUT2D eigenvalue weighted by Gasteiger charge is -1.78. The lowest BCUT2D eigenvalue weighted by molar-refractivity contribution is 1.05. The van der Waals surface area contributed by atoms with Crippen LogP contribution in [0.5, 0.6) is 0 Å². The number of hydrogen-bond donors (Lipinski definition) is 0. The molecule has 0 aromatic heterocycles. The number of hydrogen-bond acceptors (Lipinski definition) is 0. The lowest BCUT2D eigenvalue weighted by Crippen LogP contribution is -1.60. The van der Waals surface area contributed by atoms with Crippen LogP contribution in [-0.4, -0.2) is 0 Å². The van der Waals surface area contributed by atoms with Crippen molar-refractivity contribution in [1.29, 1.82) is 0 Å². The van der Waals surface area contributed by atoms with Gasteiger partial charge in [-0.25, -0.2) is 0 Å². The van der Waals surface area contributed by atoms with E-state index in [-0.39, 0.29) is 0 Å². The molecule has 0 aliphatic carbocycles. The second kappa shape index (κ2) is 18.0. The van der Waals surface area contributed by atoms with E-state index in [1.165, 1.54) is 0 Å². The Kier molecular flexibility index (Phi) is 24.2. The Bertz CT molecular complexity index is 104. The van der Waals surface area contributed by atoms with Crippen molar-refractivity contribution < 1.29 is 0 Å². The summed E-state index contributed by atoms with van der Waals surface area (Å²) >= 11 is 0. The topological polar surface area (TPSA) is 0 Å². The highest BCUT2D eigenvalue weighted by atomic mass is 13.7. The summed E-state index contributed by atoms with van der Waals surface area (Å²) in [5, 5.41) is 0. The Labute approximate surface area is 92.1 Å².